The van der Waals surface area contributed by atoms with Crippen LogP contribution in [0.5, 0.6) is 0 Å². The van der Waals surface area contributed by atoms with Crippen molar-refractivity contribution in [1.29, 1.82) is 0 Å². The average molecular weight is 306 g/mol. The molecule has 3 nitrogen and oxygen atoms in total. The fourth-order valence-electron chi connectivity index (χ4n) is 1.59. The van der Waals surface area contributed by atoms with Crippen LogP contribution in [-0.4, -0.2) is 9.78 Å². The summed E-state index contributed by atoms with van der Waals surface area (Å²) in [5.74, 6) is -0.887. The molecule has 20 heavy (non-hydrogen) atoms. The molecule has 0 saturated heterocycles. The van der Waals surface area contributed by atoms with Crippen molar-refractivity contribution >= 4 is 11.6 Å². The first-order chi connectivity index (χ1) is 9.21. The highest BCUT2D eigenvalue weighted by atomic mass is 35.5. The van der Waals surface area contributed by atoms with Crippen LogP contribution in [0, 0.1) is 18.8 Å². The lowest BCUT2D eigenvalue weighted by atomic mass is 10.2. The fourth-order valence-corrected chi connectivity index (χ4v) is 1.74. The number of hydrogen-bond donors (Lipinski definition) is 0. The maximum Gasteiger partial charge on any atom is 0.418 e. The number of alkyl halides is 3. The van der Waals surface area contributed by atoms with E-state index in [9.17, 15) is 22.4 Å². The minimum atomic E-state index is -4.69. The van der Waals surface area contributed by atoms with Gasteiger partial charge in [-0.05, 0) is 19.1 Å². The van der Waals surface area contributed by atoms with Gasteiger partial charge in [0.2, 0.25) is 0 Å². The van der Waals surface area contributed by atoms with Gasteiger partial charge in [-0.1, -0.05) is 11.6 Å². The van der Waals surface area contributed by atoms with Crippen molar-refractivity contribution < 1.29 is 17.6 Å². The van der Waals surface area contributed by atoms with Gasteiger partial charge in [0.1, 0.15) is 5.69 Å². The molecule has 0 amide bonds. The van der Waals surface area contributed by atoms with Crippen LogP contribution in [0.4, 0.5) is 17.6 Å². The summed E-state index contributed by atoms with van der Waals surface area (Å²) < 4.78 is 52.0. The standard InChI is InChI=1S/C12H6ClF4N2O/c1-6-8(12(15,16)17)5-18-19(11(6)20)10-3-2-7(13)4-9(10)14/h3-5H,1H3. The Morgan fingerprint density at radius 2 is 2.05 bits per heavy atom. The molecule has 105 valence electrons. The lowest BCUT2D eigenvalue weighted by molar-refractivity contribution is -0.138. The molecule has 0 N–H and O–H groups in total. The normalized spacial score (nSPS) is 11.7. The van der Waals surface area contributed by atoms with E-state index in [2.05, 4.69) is 11.2 Å². The Morgan fingerprint density at radius 1 is 1.40 bits per heavy atom. The molecule has 0 atom stereocenters. The smallest absolute Gasteiger partial charge is 0.267 e. The van der Waals surface area contributed by atoms with Crippen LogP contribution < -0.4 is 5.56 Å². The van der Waals surface area contributed by atoms with E-state index in [4.69, 9.17) is 11.6 Å². The van der Waals surface area contributed by atoms with Gasteiger partial charge >= 0.3 is 6.18 Å². The molecule has 0 unspecified atom stereocenters. The van der Waals surface area contributed by atoms with Crippen molar-refractivity contribution in [3.05, 3.63) is 56.7 Å². The van der Waals surface area contributed by atoms with E-state index in [0.29, 0.717) is 10.9 Å². The number of hydrogen-bond acceptors (Lipinski definition) is 2. The quantitative estimate of drug-likeness (QED) is 0.759. The Labute approximate surface area is 115 Å². The summed E-state index contributed by atoms with van der Waals surface area (Å²) >= 11 is 5.51. The fraction of sp³-hybridized carbons (Fsp3) is 0.167. The van der Waals surface area contributed by atoms with Crippen molar-refractivity contribution in [2.75, 3.05) is 0 Å². The lowest BCUT2D eigenvalue weighted by Gasteiger charge is -2.12. The first-order valence-electron chi connectivity index (χ1n) is 5.25. The molecule has 0 saturated carbocycles. The Bertz CT molecular complexity index is 724. The highest BCUT2D eigenvalue weighted by molar-refractivity contribution is 6.30. The largest absolute Gasteiger partial charge is 0.418 e. The van der Waals surface area contributed by atoms with Gasteiger partial charge in [-0.15, -0.1) is 0 Å². The molecule has 1 aromatic heterocycles. The topological polar surface area (TPSA) is 34.9 Å². The van der Waals surface area contributed by atoms with Crippen LogP contribution in [0.2, 0.25) is 5.02 Å². The van der Waals surface area contributed by atoms with Crippen molar-refractivity contribution in [3.8, 4) is 5.69 Å². The van der Waals surface area contributed by atoms with Crippen LogP contribution in [0.15, 0.2) is 23.1 Å². The Balaban J connectivity index is 2.66. The first-order valence-corrected chi connectivity index (χ1v) is 5.63. The van der Waals surface area contributed by atoms with E-state index >= 15 is 0 Å². The van der Waals surface area contributed by atoms with Gasteiger partial charge < -0.3 is 0 Å². The number of aromatic nitrogens is 2. The third kappa shape index (κ3) is 2.53. The zero-order valence-electron chi connectivity index (χ0n) is 9.92. The van der Waals surface area contributed by atoms with E-state index < -0.39 is 28.7 Å². The zero-order chi connectivity index (χ0) is 15.1. The molecule has 0 aliphatic carbocycles. The van der Waals surface area contributed by atoms with Crippen molar-refractivity contribution in [1.82, 2.24) is 9.78 Å². The molecule has 0 aliphatic rings. The van der Waals surface area contributed by atoms with Gasteiger partial charge in [0.15, 0.2) is 5.82 Å². The number of rotatable bonds is 1. The second kappa shape index (κ2) is 4.90. The summed E-state index contributed by atoms with van der Waals surface area (Å²) in [6, 6.07) is 4.36. The average Bonchev–Trinajstić information content (AvgIpc) is 2.32. The summed E-state index contributed by atoms with van der Waals surface area (Å²) in [4.78, 5) is 11.9. The maximum absolute atomic E-state index is 13.7. The van der Waals surface area contributed by atoms with Crippen LogP contribution >= 0.6 is 11.6 Å². The van der Waals surface area contributed by atoms with Crippen molar-refractivity contribution in [3.63, 3.8) is 0 Å². The predicted octanol–water partition coefficient (Wildman–Crippen LogP) is 3.15. The molecule has 2 aromatic rings. The number of benzene rings is 1. The van der Waals surface area contributed by atoms with Gasteiger partial charge in [-0.3, -0.25) is 4.79 Å². The molecule has 0 bridgehead atoms. The molecule has 1 radical (unpaired) electrons. The third-order valence-electron chi connectivity index (χ3n) is 2.60. The van der Waals surface area contributed by atoms with Gasteiger partial charge in [-0.2, -0.15) is 23.0 Å². The van der Waals surface area contributed by atoms with Crippen LogP contribution in [0.1, 0.15) is 11.1 Å². The van der Waals surface area contributed by atoms with Crippen molar-refractivity contribution in [2.45, 2.75) is 13.1 Å². The van der Waals surface area contributed by atoms with Crippen LogP contribution in [0.3, 0.4) is 0 Å². The second-order valence-corrected chi connectivity index (χ2v) is 4.32. The summed E-state index contributed by atoms with van der Waals surface area (Å²) in [6.45, 7) is 1.00. The summed E-state index contributed by atoms with van der Waals surface area (Å²) in [7, 11) is 0. The Kier molecular flexibility index (Phi) is 3.56. The highest BCUT2D eigenvalue weighted by Crippen LogP contribution is 2.29. The summed E-state index contributed by atoms with van der Waals surface area (Å²) in [5, 5.41) is 3.32. The van der Waals surface area contributed by atoms with E-state index in [1.807, 2.05) is 0 Å². The van der Waals surface area contributed by atoms with Crippen molar-refractivity contribution in [2.24, 2.45) is 0 Å². The van der Waals surface area contributed by atoms with Crippen LogP contribution in [-0.2, 0) is 6.18 Å². The van der Waals surface area contributed by atoms with E-state index in [1.165, 1.54) is 0 Å². The Morgan fingerprint density at radius 3 is 2.60 bits per heavy atom. The number of halogens is 5. The third-order valence-corrected chi connectivity index (χ3v) is 2.82. The monoisotopic (exact) mass is 305 g/mol. The van der Waals surface area contributed by atoms with E-state index in [0.717, 1.165) is 19.1 Å². The summed E-state index contributed by atoms with van der Waals surface area (Å²) in [6.07, 6.45) is -4.22. The van der Waals surface area contributed by atoms with Gasteiger partial charge in [0, 0.05) is 11.6 Å². The van der Waals surface area contributed by atoms with E-state index in [1.54, 1.807) is 0 Å². The van der Waals surface area contributed by atoms with Gasteiger partial charge in [-0.25, -0.2) is 4.39 Å². The molecule has 1 heterocycles. The van der Waals surface area contributed by atoms with Crippen LogP contribution in [0.25, 0.3) is 5.69 Å². The molecule has 0 spiro atoms. The first kappa shape index (κ1) is 14.5. The molecule has 0 aliphatic heterocycles. The lowest BCUT2D eigenvalue weighted by Crippen LogP contribution is -2.27. The SMILES string of the molecule is Cc1c(C(F)(F)F)cnn(-c2c[c]c(Cl)cc2F)c1=O. The molecule has 0 fully saturated rings. The molecule has 1 aromatic carbocycles. The number of nitrogens with zero attached hydrogens (tertiary/aromatic N) is 2. The summed E-state index contributed by atoms with van der Waals surface area (Å²) in [5.41, 5.74) is -3.11. The molecule has 2 rings (SSSR count). The highest BCUT2D eigenvalue weighted by Gasteiger charge is 2.34. The molecular formula is C12H6ClF4N2O. The molecular weight excluding hydrogens is 300 g/mol. The Hall–Kier alpha value is -1.89. The van der Waals surface area contributed by atoms with Gasteiger partial charge in [0.05, 0.1) is 16.8 Å². The molecule has 8 heteroatoms. The predicted molar refractivity (Wildman–Crippen MR) is 63.4 cm³/mol. The zero-order valence-corrected chi connectivity index (χ0v) is 10.7. The minimum Gasteiger partial charge on any atom is -0.267 e. The maximum atomic E-state index is 13.7. The minimum absolute atomic E-state index is 0.0251. The second-order valence-electron chi connectivity index (χ2n) is 3.91. The van der Waals surface area contributed by atoms with E-state index in [-0.39, 0.29) is 10.7 Å². The van der Waals surface area contributed by atoms with Gasteiger partial charge in [0.25, 0.3) is 5.56 Å².